The predicted molar refractivity (Wildman–Crippen MR) is 139 cm³/mol. The Hall–Kier alpha value is -2.59. The number of aromatic nitrogens is 3. The van der Waals surface area contributed by atoms with E-state index in [-0.39, 0.29) is 48.2 Å². The van der Waals surface area contributed by atoms with E-state index in [4.69, 9.17) is 15.2 Å². The van der Waals surface area contributed by atoms with Crippen LogP contribution in [-0.4, -0.2) is 48.5 Å². The summed E-state index contributed by atoms with van der Waals surface area (Å²) in [7, 11) is 0. The van der Waals surface area contributed by atoms with Gasteiger partial charge in [-0.05, 0) is 47.1 Å². The van der Waals surface area contributed by atoms with Crippen LogP contribution >= 0.6 is 22.6 Å². The minimum atomic E-state index is -0.881. The van der Waals surface area contributed by atoms with E-state index in [1.54, 1.807) is 22.9 Å². The molecule has 0 unspecified atom stereocenters. The number of hydrogen-bond donors (Lipinski definition) is 4. The highest BCUT2D eigenvalue weighted by molar-refractivity contribution is 14.1. The molecule has 0 spiro atoms. The van der Waals surface area contributed by atoms with Gasteiger partial charge in [0.05, 0.1) is 41.3 Å². The van der Waals surface area contributed by atoms with E-state index in [2.05, 4.69) is 9.97 Å². The number of rotatable bonds is 9. The summed E-state index contributed by atoms with van der Waals surface area (Å²) in [6.07, 6.45) is -0.544. The number of nitro benzene ring substituents is 1. The molecule has 194 valence electrons. The maximum Gasteiger partial charge on any atom is 0.276 e. The summed E-state index contributed by atoms with van der Waals surface area (Å²) in [6, 6.07) is 5.01. The van der Waals surface area contributed by atoms with Gasteiger partial charge in [-0.2, -0.15) is 4.98 Å². The van der Waals surface area contributed by atoms with Crippen LogP contribution in [0.3, 0.4) is 0 Å². The lowest BCUT2D eigenvalue weighted by atomic mass is 9.98. The zero-order chi connectivity index (χ0) is 26.1. The van der Waals surface area contributed by atoms with E-state index in [1.165, 1.54) is 6.07 Å². The molecule has 1 aliphatic rings. The lowest BCUT2D eigenvalue weighted by Crippen LogP contribution is -2.24. The van der Waals surface area contributed by atoms with Crippen LogP contribution in [0.2, 0.25) is 0 Å². The zero-order valence-electron chi connectivity index (χ0n) is 19.8. The van der Waals surface area contributed by atoms with Gasteiger partial charge < -0.3 is 30.0 Å². The number of H-pyrrole nitrogens is 1. The number of hydrogen-bond acceptors (Lipinski definition) is 9. The highest BCUT2D eigenvalue weighted by Crippen LogP contribution is 2.36. The molecule has 1 saturated heterocycles. The first-order valence-corrected chi connectivity index (χ1v) is 12.6. The fourth-order valence-corrected chi connectivity index (χ4v) is 4.95. The lowest BCUT2D eigenvalue weighted by molar-refractivity contribution is -0.386. The van der Waals surface area contributed by atoms with Crippen LogP contribution in [0.5, 0.6) is 0 Å². The smallest absolute Gasteiger partial charge is 0.276 e. The van der Waals surface area contributed by atoms with Crippen molar-refractivity contribution in [2.24, 2.45) is 5.92 Å². The minimum absolute atomic E-state index is 0.0225. The maximum atomic E-state index is 12.8. The number of anilines is 1. The van der Waals surface area contributed by atoms with Crippen LogP contribution in [-0.2, 0) is 16.1 Å². The van der Waals surface area contributed by atoms with Gasteiger partial charge in [-0.1, -0.05) is 13.8 Å². The molecule has 0 aliphatic carbocycles. The number of ether oxygens (including phenoxy) is 2. The van der Waals surface area contributed by atoms with Crippen molar-refractivity contribution >= 4 is 45.3 Å². The SMILES string of the molecule is CC(C)C[C@@H](OCc1cn([C@H]2C[C@@H](O)[C@@H](CO)O2)c2nc(N)[nH]c(=O)c12)c1ccc(I)cc1[N+](=O)[O-]. The number of aromatic amines is 1. The molecule has 5 N–H and O–H groups in total. The van der Waals surface area contributed by atoms with Gasteiger partial charge >= 0.3 is 0 Å². The molecule has 3 heterocycles. The van der Waals surface area contributed by atoms with Gasteiger partial charge in [-0.15, -0.1) is 0 Å². The standard InChI is InChI=1S/C23H28IN5O7/c1-11(2)5-17(14-4-3-13(24)6-15(14)29(33)34)35-10-12-8-28(19-7-16(31)18(9-30)36-19)21-20(12)22(32)27-23(25)26-21/h3-4,6,8,11,16-19,30-31H,5,7,9-10H2,1-2H3,(H3,25,26,27,32)/t16-,17-,18-,19-/m1/s1. The van der Waals surface area contributed by atoms with Crippen LogP contribution in [0.1, 0.15) is 50.1 Å². The molecule has 1 aliphatic heterocycles. The number of halogens is 1. The molecule has 12 nitrogen and oxygen atoms in total. The fourth-order valence-electron chi connectivity index (χ4n) is 4.48. The Morgan fingerprint density at radius 1 is 1.44 bits per heavy atom. The molecule has 1 fully saturated rings. The number of fused-ring (bicyclic) bond motifs is 1. The summed E-state index contributed by atoms with van der Waals surface area (Å²) < 4.78 is 14.3. The summed E-state index contributed by atoms with van der Waals surface area (Å²) in [4.78, 5) is 30.9. The topological polar surface area (TPSA) is 179 Å². The monoisotopic (exact) mass is 613 g/mol. The second-order valence-corrected chi connectivity index (χ2v) is 10.5. The van der Waals surface area contributed by atoms with Crippen molar-refractivity contribution in [3.63, 3.8) is 0 Å². The van der Waals surface area contributed by atoms with Crippen molar-refractivity contribution < 1.29 is 24.6 Å². The second-order valence-electron chi connectivity index (χ2n) is 9.22. The first kappa shape index (κ1) is 26.5. The van der Waals surface area contributed by atoms with Crippen molar-refractivity contribution in [2.45, 2.75) is 57.8 Å². The number of nitrogens with two attached hydrogens (primary N) is 1. The quantitative estimate of drug-likeness (QED) is 0.160. The normalized spacial score (nSPS) is 20.9. The highest BCUT2D eigenvalue weighted by Gasteiger charge is 2.36. The zero-order valence-corrected chi connectivity index (χ0v) is 21.9. The first-order chi connectivity index (χ1) is 17.1. The number of nitrogens with one attached hydrogen (secondary N) is 1. The summed E-state index contributed by atoms with van der Waals surface area (Å²) in [5.41, 5.74) is 6.51. The molecule has 2 aromatic heterocycles. The molecule has 3 aromatic rings. The Morgan fingerprint density at radius 2 is 2.19 bits per heavy atom. The number of aliphatic hydroxyl groups excluding tert-OH is 2. The second kappa shape index (κ2) is 10.8. The third-order valence-corrected chi connectivity index (χ3v) is 6.81. The highest BCUT2D eigenvalue weighted by atomic mass is 127. The molecule has 36 heavy (non-hydrogen) atoms. The number of benzene rings is 1. The molecule has 0 amide bonds. The third kappa shape index (κ3) is 5.39. The van der Waals surface area contributed by atoms with Crippen LogP contribution in [0.15, 0.2) is 29.2 Å². The van der Waals surface area contributed by atoms with Crippen LogP contribution < -0.4 is 11.3 Å². The van der Waals surface area contributed by atoms with Gasteiger partial charge in [0.15, 0.2) is 5.65 Å². The predicted octanol–water partition coefficient (Wildman–Crippen LogP) is 2.76. The average Bonchev–Trinajstić information content (AvgIpc) is 3.36. The molecule has 0 bridgehead atoms. The molecule has 0 saturated carbocycles. The molecule has 13 heteroatoms. The van der Waals surface area contributed by atoms with E-state index >= 15 is 0 Å². The molecule has 0 radical (unpaired) electrons. The van der Waals surface area contributed by atoms with Gasteiger partial charge in [0.2, 0.25) is 5.95 Å². The lowest BCUT2D eigenvalue weighted by Gasteiger charge is -2.20. The van der Waals surface area contributed by atoms with E-state index in [0.29, 0.717) is 17.5 Å². The Labute approximate surface area is 219 Å². The Balaban J connectivity index is 1.71. The molecular weight excluding hydrogens is 585 g/mol. The molecule has 4 rings (SSSR count). The molecular formula is C23H28IN5O7. The van der Waals surface area contributed by atoms with Crippen LogP contribution in [0.4, 0.5) is 11.6 Å². The Morgan fingerprint density at radius 3 is 2.83 bits per heavy atom. The third-order valence-electron chi connectivity index (χ3n) is 6.14. The Bertz CT molecular complexity index is 1320. The summed E-state index contributed by atoms with van der Waals surface area (Å²) in [5, 5.41) is 31.6. The summed E-state index contributed by atoms with van der Waals surface area (Å²) >= 11 is 2.03. The first-order valence-electron chi connectivity index (χ1n) is 11.5. The van der Waals surface area contributed by atoms with Gasteiger partial charge in [0, 0.05) is 27.8 Å². The van der Waals surface area contributed by atoms with Crippen LogP contribution in [0, 0.1) is 19.6 Å². The van der Waals surface area contributed by atoms with Crippen LogP contribution in [0.25, 0.3) is 11.0 Å². The van der Waals surface area contributed by atoms with Gasteiger partial charge in [0.1, 0.15) is 12.3 Å². The van der Waals surface area contributed by atoms with E-state index < -0.39 is 35.0 Å². The van der Waals surface area contributed by atoms with Gasteiger partial charge in [-0.25, -0.2) is 0 Å². The number of aliphatic hydroxyl groups is 2. The number of nitro groups is 1. The number of nitrogen functional groups attached to an aromatic ring is 1. The van der Waals surface area contributed by atoms with Crippen molar-refractivity contribution in [1.82, 2.24) is 14.5 Å². The number of nitrogens with zero attached hydrogens (tertiary/aromatic N) is 3. The van der Waals surface area contributed by atoms with E-state index in [9.17, 15) is 25.1 Å². The van der Waals surface area contributed by atoms with Crippen molar-refractivity contribution in [2.75, 3.05) is 12.3 Å². The molecule has 1 aromatic carbocycles. The minimum Gasteiger partial charge on any atom is -0.394 e. The van der Waals surface area contributed by atoms with E-state index in [1.807, 2.05) is 36.4 Å². The fraction of sp³-hybridized carbons (Fsp3) is 0.478. The Kier molecular flexibility index (Phi) is 7.94. The van der Waals surface area contributed by atoms with Crippen molar-refractivity contribution in [3.05, 3.63) is 59.6 Å². The van der Waals surface area contributed by atoms with Gasteiger partial charge in [-0.3, -0.25) is 19.9 Å². The van der Waals surface area contributed by atoms with Crippen molar-refractivity contribution in [1.29, 1.82) is 0 Å². The average molecular weight is 613 g/mol. The molecule has 4 atom stereocenters. The van der Waals surface area contributed by atoms with Gasteiger partial charge in [0.25, 0.3) is 11.2 Å². The summed E-state index contributed by atoms with van der Waals surface area (Å²) in [6.45, 7) is 3.61. The summed E-state index contributed by atoms with van der Waals surface area (Å²) in [5.74, 6) is 0.104. The van der Waals surface area contributed by atoms with E-state index in [0.717, 1.165) is 3.57 Å². The largest absolute Gasteiger partial charge is 0.394 e. The maximum absolute atomic E-state index is 12.8. The van der Waals surface area contributed by atoms with Crippen molar-refractivity contribution in [3.8, 4) is 0 Å².